The van der Waals surface area contributed by atoms with Crippen molar-refractivity contribution in [2.45, 2.75) is 13.0 Å². The molecule has 0 aliphatic carbocycles. The van der Waals surface area contributed by atoms with Crippen LogP contribution in [0.25, 0.3) is 0 Å². The molecule has 1 N–H and O–H groups in total. The number of benzene rings is 2. The van der Waals surface area contributed by atoms with Crippen molar-refractivity contribution >= 4 is 21.6 Å². The Morgan fingerprint density at radius 3 is 2.72 bits per heavy atom. The van der Waals surface area contributed by atoms with Crippen LogP contribution < -0.4 is 23.8 Å². The zero-order chi connectivity index (χ0) is 20.9. The van der Waals surface area contributed by atoms with Gasteiger partial charge in [-0.05, 0) is 31.2 Å². The molecule has 2 aromatic rings. The molecule has 0 saturated carbocycles. The fourth-order valence-electron chi connectivity index (χ4n) is 2.91. The zero-order valence-electron chi connectivity index (χ0n) is 16.3. The van der Waals surface area contributed by atoms with Crippen molar-refractivity contribution in [2.75, 3.05) is 36.9 Å². The highest BCUT2D eigenvalue weighted by atomic mass is 32.2. The Morgan fingerprint density at radius 2 is 1.97 bits per heavy atom. The van der Waals surface area contributed by atoms with Gasteiger partial charge in [-0.25, -0.2) is 8.42 Å². The Balaban J connectivity index is 1.59. The van der Waals surface area contributed by atoms with E-state index in [0.29, 0.717) is 22.9 Å². The Kier molecular flexibility index (Phi) is 6.48. The molecule has 0 fully saturated rings. The van der Waals surface area contributed by atoms with Crippen LogP contribution in [0.5, 0.6) is 17.2 Å². The number of rotatable bonds is 8. The van der Waals surface area contributed by atoms with E-state index >= 15 is 0 Å². The molecule has 0 spiro atoms. The van der Waals surface area contributed by atoms with Gasteiger partial charge in [0.15, 0.2) is 6.10 Å². The maximum atomic E-state index is 12.5. The fraction of sp³-hybridized carbons (Fsp3) is 0.350. The molecule has 156 valence electrons. The highest BCUT2D eigenvalue weighted by Gasteiger charge is 2.35. The summed E-state index contributed by atoms with van der Waals surface area (Å²) in [6, 6.07) is 13.9. The summed E-state index contributed by atoms with van der Waals surface area (Å²) < 4.78 is 42.6. The van der Waals surface area contributed by atoms with Gasteiger partial charge >= 0.3 is 0 Å². The molecule has 0 radical (unpaired) electrons. The number of sulfonamides is 1. The SMILES string of the molecule is CCS(=O)(=O)N1CC(C(=O)NCCOc2cccc(OC)c2)Oc2ccccc21. The summed E-state index contributed by atoms with van der Waals surface area (Å²) in [5.74, 6) is 1.21. The fourth-order valence-corrected chi connectivity index (χ4v) is 4.03. The van der Waals surface area contributed by atoms with Gasteiger partial charge in [0.05, 0.1) is 31.6 Å². The van der Waals surface area contributed by atoms with E-state index in [2.05, 4.69) is 5.32 Å². The summed E-state index contributed by atoms with van der Waals surface area (Å²) >= 11 is 0. The first-order valence-corrected chi connectivity index (χ1v) is 10.9. The van der Waals surface area contributed by atoms with Gasteiger partial charge in [-0.1, -0.05) is 18.2 Å². The first-order valence-electron chi connectivity index (χ1n) is 9.25. The topological polar surface area (TPSA) is 94.2 Å². The van der Waals surface area contributed by atoms with Crippen LogP contribution in [0.2, 0.25) is 0 Å². The largest absolute Gasteiger partial charge is 0.497 e. The molecule has 1 heterocycles. The number of nitrogens with one attached hydrogen (secondary N) is 1. The third kappa shape index (κ3) is 4.92. The Morgan fingerprint density at radius 1 is 1.21 bits per heavy atom. The van der Waals surface area contributed by atoms with Gasteiger partial charge in [-0.15, -0.1) is 0 Å². The first kappa shape index (κ1) is 20.8. The van der Waals surface area contributed by atoms with E-state index < -0.39 is 22.0 Å². The van der Waals surface area contributed by atoms with Crippen molar-refractivity contribution in [1.29, 1.82) is 0 Å². The summed E-state index contributed by atoms with van der Waals surface area (Å²) in [6.07, 6.45) is -0.942. The van der Waals surface area contributed by atoms with Gasteiger partial charge in [0.1, 0.15) is 23.9 Å². The number of hydrogen-bond donors (Lipinski definition) is 1. The second-order valence-corrected chi connectivity index (χ2v) is 8.51. The number of methoxy groups -OCH3 is 1. The van der Waals surface area contributed by atoms with Crippen LogP contribution in [0, 0.1) is 0 Å². The van der Waals surface area contributed by atoms with Gasteiger partial charge in [0.25, 0.3) is 5.91 Å². The van der Waals surface area contributed by atoms with Crippen molar-refractivity contribution < 1.29 is 27.4 Å². The van der Waals surface area contributed by atoms with Crippen LogP contribution in [-0.4, -0.2) is 53.0 Å². The number of nitrogens with zero attached hydrogens (tertiary/aromatic N) is 1. The lowest BCUT2D eigenvalue weighted by molar-refractivity contribution is -0.127. The van der Waals surface area contributed by atoms with Crippen LogP contribution in [0.1, 0.15) is 6.92 Å². The maximum Gasteiger partial charge on any atom is 0.263 e. The number of amides is 1. The Labute approximate surface area is 170 Å². The molecule has 1 unspecified atom stereocenters. The molecular formula is C20H24N2O6S. The first-order chi connectivity index (χ1) is 13.9. The van der Waals surface area contributed by atoms with E-state index in [0.717, 1.165) is 0 Å². The summed E-state index contributed by atoms with van der Waals surface area (Å²) in [5.41, 5.74) is 0.444. The van der Waals surface area contributed by atoms with Crippen molar-refractivity contribution in [2.24, 2.45) is 0 Å². The molecule has 8 nitrogen and oxygen atoms in total. The standard InChI is InChI=1S/C20H24N2O6S/c1-3-29(24,25)22-14-19(28-18-10-5-4-9-17(18)22)20(23)21-11-12-27-16-8-6-7-15(13-16)26-2/h4-10,13,19H,3,11-12,14H2,1-2H3,(H,21,23). The molecule has 29 heavy (non-hydrogen) atoms. The average molecular weight is 420 g/mol. The lowest BCUT2D eigenvalue weighted by Crippen LogP contribution is -2.51. The highest BCUT2D eigenvalue weighted by Crippen LogP contribution is 2.35. The monoisotopic (exact) mass is 420 g/mol. The number of hydrogen-bond acceptors (Lipinski definition) is 6. The van der Waals surface area contributed by atoms with Crippen molar-refractivity contribution in [3.8, 4) is 17.2 Å². The summed E-state index contributed by atoms with van der Waals surface area (Å²) in [5, 5.41) is 2.73. The molecule has 9 heteroatoms. The molecule has 0 bridgehead atoms. The maximum absolute atomic E-state index is 12.5. The second-order valence-electron chi connectivity index (χ2n) is 6.32. The van der Waals surface area contributed by atoms with Crippen LogP contribution in [0.15, 0.2) is 48.5 Å². The van der Waals surface area contributed by atoms with E-state index in [-0.39, 0.29) is 25.4 Å². The van der Waals surface area contributed by atoms with E-state index in [1.54, 1.807) is 50.4 Å². The van der Waals surface area contributed by atoms with Crippen LogP contribution in [-0.2, 0) is 14.8 Å². The van der Waals surface area contributed by atoms with Crippen LogP contribution in [0.3, 0.4) is 0 Å². The minimum Gasteiger partial charge on any atom is -0.497 e. The number of ether oxygens (including phenoxy) is 3. The molecule has 3 rings (SSSR count). The quantitative estimate of drug-likeness (QED) is 0.655. The number of anilines is 1. The van der Waals surface area contributed by atoms with Crippen LogP contribution >= 0.6 is 0 Å². The van der Waals surface area contributed by atoms with Crippen molar-refractivity contribution in [1.82, 2.24) is 5.32 Å². The number of carbonyl (C=O) groups excluding carboxylic acids is 1. The number of para-hydroxylation sites is 2. The number of carbonyl (C=O) groups is 1. The van der Waals surface area contributed by atoms with Gasteiger partial charge in [0, 0.05) is 6.07 Å². The summed E-state index contributed by atoms with van der Waals surface area (Å²) in [7, 11) is -1.96. The molecule has 2 aromatic carbocycles. The predicted octanol–water partition coefficient (Wildman–Crippen LogP) is 1.81. The van der Waals surface area contributed by atoms with Crippen LogP contribution in [0.4, 0.5) is 5.69 Å². The smallest absolute Gasteiger partial charge is 0.263 e. The lowest BCUT2D eigenvalue weighted by Gasteiger charge is -2.34. The van der Waals surface area contributed by atoms with Gasteiger partial charge in [-0.3, -0.25) is 9.10 Å². The molecule has 1 amide bonds. The lowest BCUT2D eigenvalue weighted by atomic mass is 10.2. The minimum atomic E-state index is -3.53. The minimum absolute atomic E-state index is 0.0654. The second kappa shape index (κ2) is 9.04. The molecule has 1 aliphatic rings. The van der Waals surface area contributed by atoms with E-state index in [1.807, 2.05) is 12.1 Å². The molecular weight excluding hydrogens is 396 g/mol. The van der Waals surface area contributed by atoms with Crippen molar-refractivity contribution in [3.05, 3.63) is 48.5 Å². The molecule has 1 atom stereocenters. The average Bonchev–Trinajstić information content (AvgIpc) is 2.75. The molecule has 0 saturated heterocycles. The Bertz CT molecular complexity index is 963. The number of fused-ring (bicyclic) bond motifs is 1. The third-order valence-corrected chi connectivity index (χ3v) is 6.19. The van der Waals surface area contributed by atoms with Gasteiger partial charge < -0.3 is 19.5 Å². The molecule has 1 aliphatic heterocycles. The predicted molar refractivity (Wildman–Crippen MR) is 109 cm³/mol. The normalized spacial score (nSPS) is 15.8. The summed E-state index contributed by atoms with van der Waals surface area (Å²) in [4.78, 5) is 12.5. The molecule has 0 aromatic heterocycles. The summed E-state index contributed by atoms with van der Waals surface area (Å²) in [6.45, 7) is 1.99. The van der Waals surface area contributed by atoms with E-state index in [1.165, 1.54) is 4.31 Å². The Hall–Kier alpha value is -2.94. The van der Waals surface area contributed by atoms with Gasteiger partial charge in [0.2, 0.25) is 10.0 Å². The third-order valence-electron chi connectivity index (χ3n) is 4.44. The zero-order valence-corrected chi connectivity index (χ0v) is 17.1. The highest BCUT2D eigenvalue weighted by molar-refractivity contribution is 7.92. The van der Waals surface area contributed by atoms with E-state index in [4.69, 9.17) is 14.2 Å². The van der Waals surface area contributed by atoms with E-state index in [9.17, 15) is 13.2 Å². The van der Waals surface area contributed by atoms with Crippen molar-refractivity contribution in [3.63, 3.8) is 0 Å². The van der Waals surface area contributed by atoms with Gasteiger partial charge in [-0.2, -0.15) is 0 Å².